The molecule has 3 nitrogen and oxygen atoms in total. The van der Waals surface area contributed by atoms with Gasteiger partial charge in [-0.1, -0.05) is 24.6 Å². The molecule has 0 aromatic carbocycles. The van der Waals surface area contributed by atoms with Crippen molar-refractivity contribution < 1.29 is 0 Å². The molecule has 3 rings (SSSR count). The van der Waals surface area contributed by atoms with E-state index in [0.29, 0.717) is 10.9 Å². The molecule has 2 aromatic rings. The van der Waals surface area contributed by atoms with E-state index in [4.69, 9.17) is 11.6 Å². The summed E-state index contributed by atoms with van der Waals surface area (Å²) < 4.78 is 0. The summed E-state index contributed by atoms with van der Waals surface area (Å²) in [5.41, 5.74) is 3.65. The zero-order chi connectivity index (χ0) is 14.7. The summed E-state index contributed by atoms with van der Waals surface area (Å²) in [6.45, 7) is 3.16. The second-order valence-electron chi connectivity index (χ2n) is 5.53. The van der Waals surface area contributed by atoms with Gasteiger partial charge < -0.3 is 5.32 Å². The lowest BCUT2D eigenvalue weighted by molar-refractivity contribution is 0.429. The Morgan fingerprint density at radius 1 is 1.33 bits per heavy atom. The number of aromatic nitrogens is 2. The summed E-state index contributed by atoms with van der Waals surface area (Å²) in [5, 5.41) is 4.32. The van der Waals surface area contributed by atoms with Gasteiger partial charge in [-0.2, -0.15) is 0 Å². The molecule has 21 heavy (non-hydrogen) atoms. The fourth-order valence-corrected chi connectivity index (χ4v) is 3.20. The van der Waals surface area contributed by atoms with Crippen LogP contribution in [0, 0.1) is 0 Å². The van der Waals surface area contributed by atoms with Gasteiger partial charge in [-0.25, -0.2) is 0 Å². The van der Waals surface area contributed by atoms with Crippen LogP contribution in [-0.2, 0) is 6.42 Å². The normalized spacial score (nSPS) is 18.5. The summed E-state index contributed by atoms with van der Waals surface area (Å²) in [4.78, 5) is 9.15. The van der Waals surface area contributed by atoms with Crippen LogP contribution in [0.4, 0.5) is 0 Å². The molecule has 0 amide bonds. The molecule has 0 aliphatic heterocycles. The van der Waals surface area contributed by atoms with Crippen molar-refractivity contribution in [3.63, 3.8) is 0 Å². The van der Waals surface area contributed by atoms with Crippen LogP contribution >= 0.6 is 11.6 Å². The van der Waals surface area contributed by atoms with Crippen molar-refractivity contribution in [3.8, 4) is 0 Å². The minimum Gasteiger partial charge on any atom is -0.308 e. The fraction of sp³-hybridized carbons (Fsp3) is 0.412. The molecule has 2 heterocycles. The molecular weight excluding hydrogens is 282 g/mol. The van der Waals surface area contributed by atoms with Crippen LogP contribution in [0.3, 0.4) is 0 Å². The number of hydrogen-bond acceptors (Lipinski definition) is 3. The lowest BCUT2D eigenvalue weighted by atomic mass is 9.93. The minimum atomic E-state index is 0.207. The van der Waals surface area contributed by atoms with Crippen LogP contribution in [0.5, 0.6) is 0 Å². The van der Waals surface area contributed by atoms with Gasteiger partial charge in [0.2, 0.25) is 0 Å². The van der Waals surface area contributed by atoms with E-state index in [2.05, 4.69) is 28.3 Å². The average molecular weight is 302 g/mol. The molecule has 1 aliphatic rings. The molecular formula is C17H20ClN3. The topological polar surface area (TPSA) is 37.8 Å². The molecule has 4 heteroatoms. The van der Waals surface area contributed by atoms with E-state index in [1.54, 1.807) is 6.20 Å². The van der Waals surface area contributed by atoms with Gasteiger partial charge in [0.1, 0.15) is 0 Å². The largest absolute Gasteiger partial charge is 0.308 e. The number of rotatable bonds is 5. The molecule has 0 radical (unpaired) electrons. The van der Waals surface area contributed by atoms with E-state index in [1.807, 2.05) is 24.4 Å². The van der Waals surface area contributed by atoms with E-state index < -0.39 is 0 Å². The highest BCUT2D eigenvalue weighted by atomic mass is 35.5. The Balaban J connectivity index is 1.91. The highest BCUT2D eigenvalue weighted by Crippen LogP contribution is 2.39. The number of halogens is 1. The Labute approximate surface area is 130 Å². The van der Waals surface area contributed by atoms with Gasteiger partial charge in [0.15, 0.2) is 0 Å². The van der Waals surface area contributed by atoms with E-state index in [1.165, 1.54) is 11.3 Å². The first-order valence-corrected chi connectivity index (χ1v) is 7.96. The highest BCUT2D eigenvalue weighted by Gasteiger charge is 2.32. The van der Waals surface area contributed by atoms with Gasteiger partial charge in [0.05, 0.1) is 16.8 Å². The van der Waals surface area contributed by atoms with Gasteiger partial charge in [0.25, 0.3) is 0 Å². The Morgan fingerprint density at radius 2 is 2.24 bits per heavy atom. The Kier molecular flexibility index (Phi) is 4.51. The SMILES string of the molecule is CCCNC(c1ccc(Cl)cn1)C1CCc2cccnc21. The first-order valence-electron chi connectivity index (χ1n) is 7.58. The van der Waals surface area contributed by atoms with Crippen molar-refractivity contribution in [3.05, 3.63) is 58.6 Å². The molecule has 1 N–H and O–H groups in total. The number of pyridine rings is 2. The van der Waals surface area contributed by atoms with E-state index >= 15 is 0 Å². The monoisotopic (exact) mass is 301 g/mol. The molecule has 0 fully saturated rings. The van der Waals surface area contributed by atoms with Gasteiger partial charge in [-0.3, -0.25) is 9.97 Å². The maximum atomic E-state index is 5.97. The van der Waals surface area contributed by atoms with Crippen LogP contribution in [0.2, 0.25) is 5.02 Å². The number of nitrogens with one attached hydrogen (secondary N) is 1. The molecule has 110 valence electrons. The molecule has 2 aromatic heterocycles. The van der Waals surface area contributed by atoms with E-state index in [0.717, 1.165) is 31.5 Å². The zero-order valence-electron chi connectivity index (χ0n) is 12.2. The maximum Gasteiger partial charge on any atom is 0.0589 e. The Morgan fingerprint density at radius 3 is 3.00 bits per heavy atom. The summed E-state index contributed by atoms with van der Waals surface area (Å²) in [6, 6.07) is 8.36. The lowest BCUT2D eigenvalue weighted by Gasteiger charge is -2.24. The smallest absolute Gasteiger partial charge is 0.0589 e. The van der Waals surface area contributed by atoms with Crippen molar-refractivity contribution in [1.82, 2.24) is 15.3 Å². The molecule has 2 unspecified atom stereocenters. The Hall–Kier alpha value is -1.45. The van der Waals surface area contributed by atoms with Crippen molar-refractivity contribution in [1.29, 1.82) is 0 Å². The molecule has 0 spiro atoms. The minimum absolute atomic E-state index is 0.207. The van der Waals surface area contributed by atoms with Crippen molar-refractivity contribution >= 4 is 11.6 Å². The van der Waals surface area contributed by atoms with Crippen LogP contribution < -0.4 is 5.32 Å². The third-order valence-electron chi connectivity index (χ3n) is 4.09. The molecule has 1 aliphatic carbocycles. The molecule has 0 saturated heterocycles. The van der Waals surface area contributed by atoms with E-state index in [-0.39, 0.29) is 6.04 Å². The van der Waals surface area contributed by atoms with Gasteiger partial charge >= 0.3 is 0 Å². The first-order chi connectivity index (χ1) is 10.3. The number of nitrogens with zero attached hydrogens (tertiary/aromatic N) is 2. The van der Waals surface area contributed by atoms with Crippen molar-refractivity contribution in [2.45, 2.75) is 38.1 Å². The van der Waals surface area contributed by atoms with Crippen molar-refractivity contribution in [2.75, 3.05) is 6.54 Å². The lowest BCUT2D eigenvalue weighted by Crippen LogP contribution is -2.28. The molecule has 0 saturated carbocycles. The predicted molar refractivity (Wildman–Crippen MR) is 85.6 cm³/mol. The highest BCUT2D eigenvalue weighted by molar-refractivity contribution is 6.30. The van der Waals surface area contributed by atoms with Crippen LogP contribution in [-0.4, -0.2) is 16.5 Å². The van der Waals surface area contributed by atoms with Crippen LogP contribution in [0.25, 0.3) is 0 Å². The van der Waals surface area contributed by atoms with Crippen molar-refractivity contribution in [2.24, 2.45) is 0 Å². The van der Waals surface area contributed by atoms with Gasteiger partial charge in [0, 0.05) is 24.0 Å². The third kappa shape index (κ3) is 3.09. The molecule has 2 atom stereocenters. The van der Waals surface area contributed by atoms with Crippen LogP contribution in [0.15, 0.2) is 36.7 Å². The quantitative estimate of drug-likeness (QED) is 0.910. The second-order valence-corrected chi connectivity index (χ2v) is 5.96. The van der Waals surface area contributed by atoms with Gasteiger partial charge in [-0.05, 0) is 49.6 Å². The number of hydrogen-bond donors (Lipinski definition) is 1. The standard InChI is InChI=1S/C17H20ClN3/c1-2-9-19-17(15-8-6-13(18)11-21-15)14-7-5-12-4-3-10-20-16(12)14/h3-4,6,8,10-11,14,17,19H,2,5,7,9H2,1H3. The first kappa shape index (κ1) is 14.5. The Bertz CT molecular complexity index is 597. The fourth-order valence-electron chi connectivity index (χ4n) is 3.09. The summed E-state index contributed by atoms with van der Waals surface area (Å²) >= 11 is 5.97. The number of aryl methyl sites for hydroxylation is 1. The predicted octanol–water partition coefficient (Wildman–Crippen LogP) is 3.90. The maximum absolute atomic E-state index is 5.97. The summed E-state index contributed by atoms with van der Waals surface area (Å²) in [6.07, 6.45) is 6.95. The molecule has 0 bridgehead atoms. The zero-order valence-corrected chi connectivity index (χ0v) is 13.0. The average Bonchev–Trinajstić information content (AvgIpc) is 2.93. The summed E-state index contributed by atoms with van der Waals surface area (Å²) in [5.74, 6) is 0.390. The van der Waals surface area contributed by atoms with Crippen LogP contribution in [0.1, 0.15) is 48.7 Å². The van der Waals surface area contributed by atoms with E-state index in [9.17, 15) is 0 Å². The third-order valence-corrected chi connectivity index (χ3v) is 4.31. The van der Waals surface area contributed by atoms with Gasteiger partial charge in [-0.15, -0.1) is 0 Å². The summed E-state index contributed by atoms with van der Waals surface area (Å²) in [7, 11) is 0. The second kappa shape index (κ2) is 6.54. The number of fused-ring (bicyclic) bond motifs is 1.